The van der Waals surface area contributed by atoms with E-state index in [0.29, 0.717) is 0 Å². The Labute approximate surface area is 319 Å². The van der Waals surface area contributed by atoms with Gasteiger partial charge in [0.05, 0.1) is 5.66 Å². The average Bonchev–Trinajstić information content (AvgIpc) is 3.46. The average molecular weight is 702 g/mol. The van der Waals surface area contributed by atoms with Gasteiger partial charge in [-0.3, -0.25) is 0 Å². The molecule has 0 N–H and O–H groups in total. The Bertz CT molecular complexity index is 2390. The van der Waals surface area contributed by atoms with E-state index in [2.05, 4.69) is 162 Å². The SMILES string of the molecule is Cc1cc2c3c(c1)C(C)(C)c1c(oc4ccc(C(C)(C)C)cc14)B3c1cc3c(cc1N2c1ccc2c(c1)C(C)(C)CCC2(C)C)C(C)(C)CCC3(C)C. The molecular weight excluding hydrogens is 641 g/mol. The molecule has 2 aliphatic heterocycles. The van der Waals surface area contributed by atoms with Gasteiger partial charge in [0.15, 0.2) is 0 Å². The summed E-state index contributed by atoms with van der Waals surface area (Å²) in [6.45, 7) is 33.8. The van der Waals surface area contributed by atoms with Gasteiger partial charge in [-0.25, -0.2) is 0 Å². The molecule has 9 rings (SSSR count). The Morgan fingerprint density at radius 1 is 0.604 bits per heavy atom. The van der Waals surface area contributed by atoms with Crippen LogP contribution in [-0.4, -0.2) is 6.71 Å². The first-order valence-corrected chi connectivity index (χ1v) is 20.4. The number of aryl methyl sites for hydroxylation is 1. The molecule has 0 radical (unpaired) electrons. The molecule has 0 unspecified atom stereocenters. The molecule has 274 valence electrons. The number of furan rings is 1. The van der Waals surface area contributed by atoms with Crippen LogP contribution >= 0.6 is 0 Å². The molecule has 1 aromatic heterocycles. The van der Waals surface area contributed by atoms with Crippen LogP contribution in [0.3, 0.4) is 0 Å². The minimum atomic E-state index is -0.246. The lowest BCUT2D eigenvalue weighted by Gasteiger charge is -2.47. The van der Waals surface area contributed by atoms with Gasteiger partial charge in [-0.2, -0.15) is 0 Å². The minimum Gasteiger partial charge on any atom is -0.470 e. The van der Waals surface area contributed by atoms with E-state index in [9.17, 15) is 0 Å². The molecule has 0 amide bonds. The second-order valence-electron chi connectivity index (χ2n) is 21.7. The molecular formula is C50H60BNO. The summed E-state index contributed by atoms with van der Waals surface area (Å²) in [6.07, 6.45) is 4.80. The van der Waals surface area contributed by atoms with E-state index in [0.717, 1.165) is 11.2 Å². The predicted octanol–water partition coefficient (Wildman–Crippen LogP) is 11.7. The third kappa shape index (κ3) is 4.83. The second-order valence-corrected chi connectivity index (χ2v) is 21.7. The number of fused-ring (bicyclic) bond motifs is 8. The maximum Gasteiger partial charge on any atom is 0.292 e. The summed E-state index contributed by atoms with van der Waals surface area (Å²) in [5, 5.41) is 1.27. The number of nitrogens with zero attached hydrogens (tertiary/aromatic N) is 1. The normalized spacial score (nSPS) is 21.0. The number of hydrogen-bond donors (Lipinski definition) is 0. The van der Waals surface area contributed by atoms with Gasteiger partial charge in [0.1, 0.15) is 5.58 Å². The van der Waals surface area contributed by atoms with Crippen molar-refractivity contribution in [1.82, 2.24) is 0 Å². The molecule has 53 heavy (non-hydrogen) atoms. The van der Waals surface area contributed by atoms with Crippen molar-refractivity contribution >= 4 is 51.3 Å². The van der Waals surface area contributed by atoms with E-state index in [1.807, 2.05) is 0 Å². The van der Waals surface area contributed by atoms with Gasteiger partial charge in [-0.1, -0.05) is 114 Å². The lowest BCUT2D eigenvalue weighted by molar-refractivity contribution is 0.332. The van der Waals surface area contributed by atoms with Crippen molar-refractivity contribution in [1.29, 1.82) is 0 Å². The monoisotopic (exact) mass is 701 g/mol. The Morgan fingerprint density at radius 3 is 1.81 bits per heavy atom. The Kier molecular flexibility index (Phi) is 6.95. The van der Waals surface area contributed by atoms with Gasteiger partial charge in [0.2, 0.25) is 0 Å². The summed E-state index contributed by atoms with van der Waals surface area (Å²) >= 11 is 0. The molecule has 0 atom stereocenters. The van der Waals surface area contributed by atoms with Crippen LogP contribution in [0.5, 0.6) is 0 Å². The van der Waals surface area contributed by atoms with Gasteiger partial charge < -0.3 is 9.32 Å². The van der Waals surface area contributed by atoms with Gasteiger partial charge in [-0.05, 0) is 146 Å². The van der Waals surface area contributed by atoms with Crippen LogP contribution in [-0.2, 0) is 32.5 Å². The van der Waals surface area contributed by atoms with Crippen molar-refractivity contribution in [2.45, 2.75) is 155 Å². The van der Waals surface area contributed by atoms with Crippen LogP contribution in [0.1, 0.15) is 160 Å². The molecule has 2 aliphatic carbocycles. The van der Waals surface area contributed by atoms with Crippen LogP contribution in [0.25, 0.3) is 11.0 Å². The van der Waals surface area contributed by atoms with E-state index >= 15 is 0 Å². The maximum atomic E-state index is 7.21. The van der Waals surface area contributed by atoms with Crippen LogP contribution in [0.4, 0.5) is 17.1 Å². The lowest BCUT2D eigenvalue weighted by atomic mass is 9.31. The number of benzene rings is 4. The van der Waals surface area contributed by atoms with Gasteiger partial charge in [0.25, 0.3) is 6.71 Å². The molecule has 5 aromatic rings. The largest absolute Gasteiger partial charge is 0.470 e. The van der Waals surface area contributed by atoms with Gasteiger partial charge in [0, 0.05) is 33.4 Å². The van der Waals surface area contributed by atoms with Crippen LogP contribution in [0, 0.1) is 6.92 Å². The van der Waals surface area contributed by atoms with E-state index in [1.165, 1.54) is 104 Å². The molecule has 3 heterocycles. The van der Waals surface area contributed by atoms with E-state index in [4.69, 9.17) is 4.42 Å². The highest BCUT2D eigenvalue weighted by atomic mass is 16.3. The van der Waals surface area contributed by atoms with E-state index < -0.39 is 0 Å². The predicted molar refractivity (Wildman–Crippen MR) is 228 cm³/mol. The molecule has 0 spiro atoms. The van der Waals surface area contributed by atoms with E-state index in [1.54, 1.807) is 0 Å². The summed E-state index contributed by atoms with van der Waals surface area (Å²) in [4.78, 5) is 2.66. The maximum absolute atomic E-state index is 7.21. The highest BCUT2D eigenvalue weighted by Crippen LogP contribution is 2.52. The smallest absolute Gasteiger partial charge is 0.292 e. The summed E-state index contributed by atoms with van der Waals surface area (Å²) in [5.41, 5.74) is 20.6. The van der Waals surface area contributed by atoms with Crippen molar-refractivity contribution in [2.75, 3.05) is 4.90 Å². The third-order valence-corrected chi connectivity index (χ3v) is 14.6. The standard InChI is InChI=1S/C50H60BNO/c1-29-23-37-43-40(24-29)52(31-16-17-33-34(26-31)47(7,8)20-19-46(33,5)6)39-28-36-35(48(9,10)21-22-49(36,11)12)27-38(39)51(43)44-42(50(37,13)14)32-25-30(45(2,3)4)15-18-41(32)53-44/h15-18,23-28H,19-22H2,1-14H3. The first-order chi connectivity index (χ1) is 24.5. The molecule has 0 saturated carbocycles. The van der Waals surface area contributed by atoms with Crippen molar-refractivity contribution in [3.8, 4) is 0 Å². The molecule has 0 bridgehead atoms. The van der Waals surface area contributed by atoms with Crippen molar-refractivity contribution in [3.63, 3.8) is 0 Å². The molecule has 2 nitrogen and oxygen atoms in total. The first-order valence-electron chi connectivity index (χ1n) is 20.4. The molecule has 0 saturated heterocycles. The van der Waals surface area contributed by atoms with Gasteiger partial charge >= 0.3 is 0 Å². The van der Waals surface area contributed by atoms with Crippen LogP contribution in [0.15, 0.2) is 65.1 Å². The second kappa shape index (κ2) is 10.5. The first kappa shape index (κ1) is 35.0. The van der Waals surface area contributed by atoms with Crippen LogP contribution in [0.2, 0.25) is 0 Å². The quantitative estimate of drug-likeness (QED) is 0.159. The lowest BCUT2D eigenvalue weighted by Crippen LogP contribution is -2.64. The highest BCUT2D eigenvalue weighted by Gasteiger charge is 2.51. The third-order valence-electron chi connectivity index (χ3n) is 14.6. The summed E-state index contributed by atoms with van der Waals surface area (Å²) < 4.78 is 7.21. The van der Waals surface area contributed by atoms with Crippen molar-refractivity contribution in [3.05, 3.63) is 105 Å². The summed E-state index contributed by atoms with van der Waals surface area (Å²) in [7, 11) is 0. The Balaban J connectivity index is 1.40. The molecule has 3 heteroatoms. The summed E-state index contributed by atoms with van der Waals surface area (Å²) in [6, 6.07) is 24.7. The Hall–Kier alpha value is -3.72. The van der Waals surface area contributed by atoms with Gasteiger partial charge in [-0.15, -0.1) is 0 Å². The van der Waals surface area contributed by atoms with E-state index in [-0.39, 0.29) is 39.2 Å². The zero-order valence-electron chi connectivity index (χ0n) is 35.0. The fourth-order valence-corrected chi connectivity index (χ4v) is 10.9. The highest BCUT2D eigenvalue weighted by molar-refractivity contribution is 6.98. The fraction of sp³-hybridized carbons (Fsp3) is 0.480. The fourth-order valence-electron chi connectivity index (χ4n) is 10.9. The van der Waals surface area contributed by atoms with Crippen molar-refractivity contribution < 1.29 is 4.42 Å². The van der Waals surface area contributed by atoms with Crippen LogP contribution < -0.4 is 21.5 Å². The summed E-state index contributed by atoms with van der Waals surface area (Å²) in [5.74, 6) is 0. The zero-order valence-corrected chi connectivity index (χ0v) is 35.0. The number of anilines is 3. The molecule has 0 fully saturated rings. The molecule has 4 aromatic carbocycles. The topological polar surface area (TPSA) is 16.4 Å². The number of hydrogen-bond acceptors (Lipinski definition) is 2. The number of rotatable bonds is 1. The Morgan fingerprint density at radius 2 is 1.19 bits per heavy atom. The minimum absolute atomic E-state index is 0.0134. The zero-order chi connectivity index (χ0) is 38.0. The molecule has 4 aliphatic rings. The van der Waals surface area contributed by atoms with Crippen molar-refractivity contribution in [2.24, 2.45) is 0 Å².